The highest BCUT2D eigenvalue weighted by Crippen LogP contribution is 2.03. The van der Waals surface area contributed by atoms with E-state index < -0.39 is 5.97 Å². The maximum absolute atomic E-state index is 11.8. The fourth-order valence-electron chi connectivity index (χ4n) is 1.51. The van der Waals surface area contributed by atoms with Crippen LogP contribution in [0.1, 0.15) is 47.0 Å². The highest BCUT2D eigenvalue weighted by atomic mass is 16.4. The Morgan fingerprint density at radius 1 is 1.29 bits per heavy atom. The molecule has 0 bridgehead atoms. The lowest BCUT2D eigenvalue weighted by molar-refractivity contribution is -0.138. The lowest BCUT2D eigenvalue weighted by Crippen LogP contribution is -2.48. The Morgan fingerprint density at radius 3 is 2.29 bits per heavy atom. The van der Waals surface area contributed by atoms with E-state index in [2.05, 4.69) is 12.2 Å². The first kappa shape index (κ1) is 15.7. The first-order valence-electron chi connectivity index (χ1n) is 6.17. The Bertz CT molecular complexity index is 254. The molecule has 1 atom stereocenters. The number of carbonyl (C=O) groups excluding carboxylic acids is 1. The largest absolute Gasteiger partial charge is 0.480 e. The lowest BCUT2D eigenvalue weighted by Gasteiger charge is -2.27. The van der Waals surface area contributed by atoms with Gasteiger partial charge in [-0.15, -0.1) is 0 Å². The van der Waals surface area contributed by atoms with Crippen LogP contribution >= 0.6 is 0 Å². The van der Waals surface area contributed by atoms with Gasteiger partial charge in [-0.3, -0.25) is 4.79 Å². The summed E-state index contributed by atoms with van der Waals surface area (Å²) in [6.07, 6.45) is 3.06. The number of carboxylic acid groups (broad SMARTS) is 1. The number of carbonyl (C=O) groups is 2. The Labute approximate surface area is 103 Å². The van der Waals surface area contributed by atoms with Crippen molar-refractivity contribution in [1.82, 2.24) is 10.2 Å². The quantitative estimate of drug-likeness (QED) is 0.720. The Hall–Kier alpha value is -1.26. The predicted octanol–water partition coefficient (Wildman–Crippen LogP) is 2.07. The number of amides is 2. The van der Waals surface area contributed by atoms with Gasteiger partial charge in [-0.2, -0.15) is 0 Å². The third kappa shape index (κ3) is 6.81. The molecule has 100 valence electrons. The SMILES string of the molecule is CCCCC(C)NC(=O)N(CC(=O)O)C(C)C. The van der Waals surface area contributed by atoms with E-state index in [4.69, 9.17) is 5.11 Å². The van der Waals surface area contributed by atoms with Crippen molar-refractivity contribution in [3.63, 3.8) is 0 Å². The number of rotatable bonds is 7. The predicted molar refractivity (Wildman–Crippen MR) is 67.0 cm³/mol. The van der Waals surface area contributed by atoms with Gasteiger partial charge in [0.25, 0.3) is 0 Å². The molecule has 0 heterocycles. The molecule has 5 heteroatoms. The zero-order chi connectivity index (χ0) is 13.4. The van der Waals surface area contributed by atoms with E-state index in [1.807, 2.05) is 6.92 Å². The van der Waals surface area contributed by atoms with E-state index in [9.17, 15) is 9.59 Å². The first-order valence-corrected chi connectivity index (χ1v) is 6.17. The summed E-state index contributed by atoms with van der Waals surface area (Å²) in [6.45, 7) is 7.38. The van der Waals surface area contributed by atoms with Gasteiger partial charge < -0.3 is 15.3 Å². The van der Waals surface area contributed by atoms with Gasteiger partial charge in [0.1, 0.15) is 6.54 Å². The summed E-state index contributed by atoms with van der Waals surface area (Å²) in [4.78, 5) is 23.8. The third-order valence-electron chi connectivity index (χ3n) is 2.55. The molecule has 0 aromatic heterocycles. The van der Waals surface area contributed by atoms with Gasteiger partial charge in [0.2, 0.25) is 0 Å². The molecule has 0 rings (SSSR count). The molecule has 0 saturated carbocycles. The number of hydrogen-bond acceptors (Lipinski definition) is 2. The summed E-state index contributed by atoms with van der Waals surface area (Å²) in [6, 6.07) is -0.340. The lowest BCUT2D eigenvalue weighted by atomic mass is 10.1. The molecule has 0 radical (unpaired) electrons. The zero-order valence-corrected chi connectivity index (χ0v) is 11.2. The maximum atomic E-state index is 11.8. The number of carboxylic acids is 1. The molecule has 1 unspecified atom stereocenters. The summed E-state index contributed by atoms with van der Waals surface area (Å²) in [5.74, 6) is -0.991. The van der Waals surface area contributed by atoms with Crippen molar-refractivity contribution in [3.05, 3.63) is 0 Å². The normalized spacial score (nSPS) is 12.3. The molecule has 0 saturated heterocycles. The highest BCUT2D eigenvalue weighted by molar-refractivity contribution is 5.80. The van der Waals surface area contributed by atoms with Gasteiger partial charge in [0.05, 0.1) is 0 Å². The van der Waals surface area contributed by atoms with Gasteiger partial charge in [-0.05, 0) is 27.2 Å². The molecule has 0 aliphatic carbocycles. The average Bonchev–Trinajstić information content (AvgIpc) is 2.22. The molecule has 2 amide bonds. The van der Waals surface area contributed by atoms with E-state index in [0.29, 0.717) is 0 Å². The molecule has 0 aliphatic heterocycles. The molecular weight excluding hydrogens is 220 g/mol. The van der Waals surface area contributed by atoms with E-state index in [1.165, 1.54) is 4.90 Å². The van der Waals surface area contributed by atoms with Crippen molar-refractivity contribution >= 4 is 12.0 Å². The van der Waals surface area contributed by atoms with E-state index in [0.717, 1.165) is 19.3 Å². The van der Waals surface area contributed by atoms with Gasteiger partial charge in [0, 0.05) is 12.1 Å². The highest BCUT2D eigenvalue weighted by Gasteiger charge is 2.20. The second-order valence-electron chi connectivity index (χ2n) is 4.61. The number of nitrogens with zero attached hydrogens (tertiary/aromatic N) is 1. The van der Waals surface area contributed by atoms with Crippen LogP contribution in [0.15, 0.2) is 0 Å². The minimum absolute atomic E-state index is 0.0810. The molecule has 0 spiro atoms. The molecule has 0 fully saturated rings. The van der Waals surface area contributed by atoms with Gasteiger partial charge >= 0.3 is 12.0 Å². The van der Waals surface area contributed by atoms with Crippen LogP contribution in [0.4, 0.5) is 4.79 Å². The summed E-state index contributed by atoms with van der Waals surface area (Å²) in [7, 11) is 0. The van der Waals surface area contributed by atoms with Gasteiger partial charge in [0.15, 0.2) is 0 Å². The van der Waals surface area contributed by atoms with Crippen molar-refractivity contribution in [2.75, 3.05) is 6.54 Å². The second-order valence-corrected chi connectivity index (χ2v) is 4.61. The minimum atomic E-state index is -0.991. The van der Waals surface area contributed by atoms with Crippen LogP contribution in [0.5, 0.6) is 0 Å². The molecular formula is C12H24N2O3. The van der Waals surface area contributed by atoms with Crippen LogP contribution in [-0.2, 0) is 4.79 Å². The van der Waals surface area contributed by atoms with Gasteiger partial charge in [-0.1, -0.05) is 19.8 Å². The number of urea groups is 1. The number of unbranched alkanes of at least 4 members (excludes halogenated alkanes) is 1. The summed E-state index contributed by atoms with van der Waals surface area (Å²) < 4.78 is 0. The van der Waals surface area contributed by atoms with Crippen LogP contribution in [0, 0.1) is 0 Å². The number of aliphatic carboxylic acids is 1. The average molecular weight is 244 g/mol. The van der Waals surface area contributed by atoms with Crippen molar-refractivity contribution < 1.29 is 14.7 Å². The van der Waals surface area contributed by atoms with E-state index in [1.54, 1.807) is 13.8 Å². The smallest absolute Gasteiger partial charge is 0.323 e. The van der Waals surface area contributed by atoms with Crippen LogP contribution in [0.2, 0.25) is 0 Å². The van der Waals surface area contributed by atoms with Crippen LogP contribution in [0.25, 0.3) is 0 Å². The fourth-order valence-corrected chi connectivity index (χ4v) is 1.51. The number of hydrogen-bond donors (Lipinski definition) is 2. The van der Waals surface area contributed by atoms with Crippen molar-refractivity contribution in [1.29, 1.82) is 0 Å². The van der Waals surface area contributed by atoms with Crippen molar-refractivity contribution in [3.8, 4) is 0 Å². The minimum Gasteiger partial charge on any atom is -0.480 e. The topological polar surface area (TPSA) is 69.6 Å². The fraction of sp³-hybridized carbons (Fsp3) is 0.833. The molecule has 2 N–H and O–H groups in total. The van der Waals surface area contributed by atoms with E-state index in [-0.39, 0.29) is 24.7 Å². The standard InChI is InChI=1S/C12H24N2O3/c1-5-6-7-10(4)13-12(17)14(9(2)3)8-11(15)16/h9-10H,5-8H2,1-4H3,(H,13,17)(H,15,16). The van der Waals surface area contributed by atoms with Gasteiger partial charge in [-0.25, -0.2) is 4.79 Å². The van der Waals surface area contributed by atoms with Crippen LogP contribution in [-0.4, -0.2) is 40.6 Å². The molecule has 0 aliphatic rings. The first-order chi connectivity index (χ1) is 7.88. The Balaban J connectivity index is 4.27. The zero-order valence-electron chi connectivity index (χ0n) is 11.2. The van der Waals surface area contributed by atoms with Crippen molar-refractivity contribution in [2.24, 2.45) is 0 Å². The molecule has 0 aromatic rings. The van der Waals surface area contributed by atoms with Crippen LogP contribution < -0.4 is 5.32 Å². The molecule has 0 aromatic carbocycles. The Kier molecular flexibility index (Phi) is 7.34. The molecule has 17 heavy (non-hydrogen) atoms. The monoisotopic (exact) mass is 244 g/mol. The summed E-state index contributed by atoms with van der Waals surface area (Å²) >= 11 is 0. The summed E-state index contributed by atoms with van der Waals surface area (Å²) in [5.41, 5.74) is 0. The maximum Gasteiger partial charge on any atom is 0.323 e. The second kappa shape index (κ2) is 7.92. The van der Waals surface area contributed by atoms with E-state index >= 15 is 0 Å². The number of nitrogens with one attached hydrogen (secondary N) is 1. The molecule has 5 nitrogen and oxygen atoms in total. The Morgan fingerprint density at radius 2 is 1.88 bits per heavy atom. The third-order valence-corrected chi connectivity index (χ3v) is 2.55. The van der Waals surface area contributed by atoms with Crippen LogP contribution in [0.3, 0.4) is 0 Å². The summed E-state index contributed by atoms with van der Waals surface area (Å²) in [5, 5.41) is 11.6. The van der Waals surface area contributed by atoms with Crippen molar-refractivity contribution in [2.45, 2.75) is 59.0 Å².